The van der Waals surface area contributed by atoms with Crippen LogP contribution in [0.3, 0.4) is 0 Å². The number of nitrogens with one attached hydrogen (secondary N) is 2. The van der Waals surface area contributed by atoms with Crippen LogP contribution in [-0.4, -0.2) is 16.9 Å². The van der Waals surface area contributed by atoms with E-state index in [4.69, 9.17) is 0 Å². The lowest BCUT2D eigenvalue weighted by Crippen LogP contribution is -2.22. The maximum Gasteiger partial charge on any atom is 0.274 e. The number of anilines is 2. The zero-order chi connectivity index (χ0) is 16.1. The summed E-state index contributed by atoms with van der Waals surface area (Å²) in [6.07, 6.45) is 7.99. The van der Waals surface area contributed by atoms with Gasteiger partial charge in [-0.1, -0.05) is 37.0 Å². The molecular weight excluding hydrogens is 286 g/mol. The SMILES string of the molecule is Cc1ccc(NC(=O)c2cc(NC3CCCCC3)ccn2)cc1. The van der Waals surface area contributed by atoms with Crippen LogP contribution in [0.25, 0.3) is 0 Å². The fourth-order valence-corrected chi connectivity index (χ4v) is 2.96. The molecule has 2 aromatic rings. The Labute approximate surface area is 137 Å². The molecule has 4 heteroatoms. The van der Waals surface area contributed by atoms with Crippen molar-refractivity contribution < 1.29 is 4.79 Å². The average molecular weight is 309 g/mol. The molecule has 2 N–H and O–H groups in total. The molecule has 23 heavy (non-hydrogen) atoms. The Kier molecular flexibility index (Phi) is 4.91. The number of carbonyl (C=O) groups excluding carboxylic acids is 1. The highest BCUT2D eigenvalue weighted by molar-refractivity contribution is 6.03. The van der Waals surface area contributed by atoms with Crippen LogP contribution in [0.15, 0.2) is 42.6 Å². The van der Waals surface area contributed by atoms with E-state index in [2.05, 4.69) is 15.6 Å². The first-order chi connectivity index (χ1) is 11.2. The van der Waals surface area contributed by atoms with E-state index in [1.807, 2.05) is 43.3 Å². The number of pyridine rings is 1. The van der Waals surface area contributed by atoms with Gasteiger partial charge in [-0.25, -0.2) is 0 Å². The lowest BCUT2D eigenvalue weighted by molar-refractivity contribution is 0.102. The number of hydrogen-bond donors (Lipinski definition) is 2. The second kappa shape index (κ2) is 7.27. The Bertz CT molecular complexity index is 661. The van der Waals surface area contributed by atoms with Crippen molar-refractivity contribution in [1.82, 2.24) is 4.98 Å². The van der Waals surface area contributed by atoms with Crippen molar-refractivity contribution >= 4 is 17.3 Å². The van der Waals surface area contributed by atoms with Gasteiger partial charge in [0.05, 0.1) is 0 Å². The van der Waals surface area contributed by atoms with Gasteiger partial charge >= 0.3 is 0 Å². The molecule has 0 bridgehead atoms. The van der Waals surface area contributed by atoms with Crippen molar-refractivity contribution in [2.75, 3.05) is 10.6 Å². The van der Waals surface area contributed by atoms with E-state index in [0.717, 1.165) is 11.4 Å². The Balaban J connectivity index is 1.66. The molecule has 1 fully saturated rings. The van der Waals surface area contributed by atoms with Crippen LogP contribution in [0, 0.1) is 6.92 Å². The number of rotatable bonds is 4. The van der Waals surface area contributed by atoms with Gasteiger partial charge in [0.15, 0.2) is 0 Å². The summed E-state index contributed by atoms with van der Waals surface area (Å²) in [6.45, 7) is 2.02. The summed E-state index contributed by atoms with van der Waals surface area (Å²) in [5, 5.41) is 6.41. The molecule has 1 amide bonds. The van der Waals surface area contributed by atoms with Gasteiger partial charge in [-0.05, 0) is 44.0 Å². The summed E-state index contributed by atoms with van der Waals surface area (Å²) in [7, 11) is 0. The monoisotopic (exact) mass is 309 g/mol. The first kappa shape index (κ1) is 15.5. The Morgan fingerprint density at radius 3 is 2.52 bits per heavy atom. The first-order valence-corrected chi connectivity index (χ1v) is 8.31. The minimum atomic E-state index is -0.179. The minimum absolute atomic E-state index is 0.179. The predicted molar refractivity (Wildman–Crippen MR) is 93.9 cm³/mol. The zero-order valence-electron chi connectivity index (χ0n) is 13.5. The summed E-state index contributed by atoms with van der Waals surface area (Å²) >= 11 is 0. The summed E-state index contributed by atoms with van der Waals surface area (Å²) < 4.78 is 0. The molecule has 1 aromatic carbocycles. The summed E-state index contributed by atoms with van der Waals surface area (Å²) in [4.78, 5) is 16.5. The summed E-state index contributed by atoms with van der Waals surface area (Å²) in [5.41, 5.74) is 3.36. The van der Waals surface area contributed by atoms with Crippen LogP contribution in [0.4, 0.5) is 11.4 Å². The number of nitrogens with zero attached hydrogens (tertiary/aromatic N) is 1. The lowest BCUT2D eigenvalue weighted by atomic mass is 9.95. The normalized spacial score (nSPS) is 15.2. The van der Waals surface area contributed by atoms with Gasteiger partial charge in [-0.15, -0.1) is 0 Å². The van der Waals surface area contributed by atoms with Crippen LogP contribution in [-0.2, 0) is 0 Å². The summed E-state index contributed by atoms with van der Waals surface area (Å²) in [5.74, 6) is -0.179. The van der Waals surface area contributed by atoms with Gasteiger partial charge in [0.2, 0.25) is 0 Å². The van der Waals surface area contributed by atoms with E-state index < -0.39 is 0 Å². The molecule has 1 saturated carbocycles. The maximum absolute atomic E-state index is 12.3. The van der Waals surface area contributed by atoms with E-state index in [1.165, 1.54) is 37.7 Å². The minimum Gasteiger partial charge on any atom is -0.382 e. The molecule has 4 nitrogen and oxygen atoms in total. The van der Waals surface area contributed by atoms with Crippen LogP contribution in [0.5, 0.6) is 0 Å². The van der Waals surface area contributed by atoms with E-state index >= 15 is 0 Å². The number of hydrogen-bond acceptors (Lipinski definition) is 3. The van der Waals surface area contributed by atoms with Crippen LogP contribution in [0.2, 0.25) is 0 Å². The number of aryl methyl sites for hydroxylation is 1. The molecule has 0 aliphatic heterocycles. The molecule has 3 rings (SSSR count). The van der Waals surface area contributed by atoms with Crippen molar-refractivity contribution in [1.29, 1.82) is 0 Å². The molecule has 1 aromatic heterocycles. The van der Waals surface area contributed by atoms with Crippen molar-refractivity contribution in [3.8, 4) is 0 Å². The van der Waals surface area contributed by atoms with E-state index in [9.17, 15) is 4.79 Å². The molecule has 120 valence electrons. The van der Waals surface area contributed by atoms with Gasteiger partial charge < -0.3 is 10.6 Å². The van der Waals surface area contributed by atoms with Crippen molar-refractivity contribution in [2.45, 2.75) is 45.1 Å². The van der Waals surface area contributed by atoms with Gasteiger partial charge in [0, 0.05) is 23.6 Å². The second-order valence-electron chi connectivity index (χ2n) is 6.23. The fourth-order valence-electron chi connectivity index (χ4n) is 2.96. The quantitative estimate of drug-likeness (QED) is 0.881. The molecule has 1 heterocycles. The van der Waals surface area contributed by atoms with Crippen molar-refractivity contribution in [3.63, 3.8) is 0 Å². The highest BCUT2D eigenvalue weighted by atomic mass is 16.1. The third kappa shape index (κ3) is 4.31. The van der Waals surface area contributed by atoms with Crippen LogP contribution >= 0.6 is 0 Å². The van der Waals surface area contributed by atoms with E-state index in [-0.39, 0.29) is 5.91 Å². The molecule has 0 spiro atoms. The molecule has 1 aliphatic rings. The first-order valence-electron chi connectivity index (χ1n) is 8.31. The number of amides is 1. The topological polar surface area (TPSA) is 54.0 Å². The highest BCUT2D eigenvalue weighted by Gasteiger charge is 2.14. The molecule has 0 radical (unpaired) electrons. The van der Waals surface area contributed by atoms with E-state index in [1.54, 1.807) is 6.20 Å². The standard InChI is InChI=1S/C19H23N3O/c1-14-7-9-16(10-8-14)22-19(23)18-13-17(11-12-20-18)21-15-5-3-2-4-6-15/h7-13,15H,2-6H2,1H3,(H,20,21)(H,22,23). The Hall–Kier alpha value is -2.36. The van der Waals surface area contributed by atoms with Gasteiger partial charge in [-0.2, -0.15) is 0 Å². The molecular formula is C19H23N3O. The average Bonchev–Trinajstić information content (AvgIpc) is 2.58. The number of benzene rings is 1. The maximum atomic E-state index is 12.3. The van der Waals surface area contributed by atoms with Gasteiger partial charge in [0.25, 0.3) is 5.91 Å². The van der Waals surface area contributed by atoms with E-state index in [0.29, 0.717) is 11.7 Å². The third-order valence-corrected chi connectivity index (χ3v) is 4.28. The van der Waals surface area contributed by atoms with Crippen LogP contribution in [0.1, 0.15) is 48.2 Å². The fraction of sp³-hybridized carbons (Fsp3) is 0.368. The highest BCUT2D eigenvalue weighted by Crippen LogP contribution is 2.22. The lowest BCUT2D eigenvalue weighted by Gasteiger charge is -2.23. The number of aromatic nitrogens is 1. The van der Waals surface area contributed by atoms with Gasteiger partial charge in [0.1, 0.15) is 5.69 Å². The molecule has 0 atom stereocenters. The smallest absolute Gasteiger partial charge is 0.274 e. The third-order valence-electron chi connectivity index (χ3n) is 4.28. The van der Waals surface area contributed by atoms with Crippen LogP contribution < -0.4 is 10.6 Å². The molecule has 1 aliphatic carbocycles. The Morgan fingerprint density at radius 1 is 1.04 bits per heavy atom. The summed E-state index contributed by atoms with van der Waals surface area (Å²) in [6, 6.07) is 12.0. The van der Waals surface area contributed by atoms with Crippen molar-refractivity contribution in [2.24, 2.45) is 0 Å². The number of carbonyl (C=O) groups is 1. The van der Waals surface area contributed by atoms with Crippen molar-refractivity contribution in [3.05, 3.63) is 53.9 Å². The predicted octanol–water partition coefficient (Wildman–Crippen LogP) is 4.39. The molecule has 0 saturated heterocycles. The zero-order valence-corrected chi connectivity index (χ0v) is 13.5. The van der Waals surface area contributed by atoms with Gasteiger partial charge in [-0.3, -0.25) is 9.78 Å². The molecule has 0 unspecified atom stereocenters. The Morgan fingerprint density at radius 2 is 1.78 bits per heavy atom. The second-order valence-corrected chi connectivity index (χ2v) is 6.23. The largest absolute Gasteiger partial charge is 0.382 e.